The molecule has 0 heteroatoms. The third-order valence-corrected chi connectivity index (χ3v) is 4.34. The van der Waals surface area contributed by atoms with E-state index in [0.717, 1.165) is 23.7 Å². The van der Waals surface area contributed by atoms with Crippen LogP contribution >= 0.6 is 0 Å². The Morgan fingerprint density at radius 3 is 2.73 bits per heavy atom. The van der Waals surface area contributed by atoms with E-state index in [9.17, 15) is 0 Å². The molecule has 0 aromatic rings. The lowest BCUT2D eigenvalue weighted by Crippen LogP contribution is -2.13. The number of rotatable bonds is 1. The molecule has 3 aliphatic carbocycles. The van der Waals surface area contributed by atoms with Gasteiger partial charge in [0.15, 0.2) is 0 Å². The fourth-order valence-corrected chi connectivity index (χ4v) is 3.48. The van der Waals surface area contributed by atoms with Crippen molar-refractivity contribution in [1.29, 1.82) is 0 Å². The average Bonchev–Trinajstić information content (AvgIpc) is 2.87. The molecule has 0 aliphatic heterocycles. The molecule has 4 atom stereocenters. The van der Waals surface area contributed by atoms with Crippen LogP contribution in [-0.4, -0.2) is 0 Å². The molecule has 0 spiro atoms. The SMILES string of the molecule is CC1C(C2=CC=CC2)CC2C=CC=CC21. The van der Waals surface area contributed by atoms with Gasteiger partial charge in [-0.2, -0.15) is 0 Å². The molecule has 0 nitrogen and oxygen atoms in total. The van der Waals surface area contributed by atoms with E-state index in [-0.39, 0.29) is 0 Å². The van der Waals surface area contributed by atoms with Gasteiger partial charge in [0, 0.05) is 0 Å². The number of fused-ring (bicyclic) bond motifs is 1. The van der Waals surface area contributed by atoms with Gasteiger partial charge in [0.25, 0.3) is 0 Å². The van der Waals surface area contributed by atoms with Crippen LogP contribution in [0.5, 0.6) is 0 Å². The molecule has 3 aliphatic rings. The van der Waals surface area contributed by atoms with Crippen LogP contribution in [0.3, 0.4) is 0 Å². The molecule has 15 heavy (non-hydrogen) atoms. The van der Waals surface area contributed by atoms with Gasteiger partial charge < -0.3 is 0 Å². The molecule has 0 radical (unpaired) electrons. The third-order valence-electron chi connectivity index (χ3n) is 4.34. The Bertz CT molecular complexity index is 367. The van der Waals surface area contributed by atoms with Crippen molar-refractivity contribution in [3.8, 4) is 0 Å². The molecule has 3 rings (SSSR count). The van der Waals surface area contributed by atoms with Crippen LogP contribution in [0.25, 0.3) is 0 Å². The lowest BCUT2D eigenvalue weighted by atomic mass is 9.84. The smallest absolute Gasteiger partial charge is 0.0130 e. The van der Waals surface area contributed by atoms with Gasteiger partial charge in [-0.15, -0.1) is 0 Å². The van der Waals surface area contributed by atoms with Gasteiger partial charge in [0.2, 0.25) is 0 Å². The fraction of sp³-hybridized carbons (Fsp3) is 0.467. The Morgan fingerprint density at radius 2 is 2.00 bits per heavy atom. The van der Waals surface area contributed by atoms with E-state index in [4.69, 9.17) is 0 Å². The number of hydrogen-bond donors (Lipinski definition) is 0. The van der Waals surface area contributed by atoms with Gasteiger partial charge in [-0.05, 0) is 36.5 Å². The summed E-state index contributed by atoms with van der Waals surface area (Å²) < 4.78 is 0. The highest BCUT2D eigenvalue weighted by Crippen LogP contribution is 2.48. The maximum atomic E-state index is 2.43. The van der Waals surface area contributed by atoms with Crippen molar-refractivity contribution in [3.63, 3.8) is 0 Å². The summed E-state index contributed by atoms with van der Waals surface area (Å²) in [6, 6.07) is 0. The zero-order chi connectivity index (χ0) is 10.3. The molecule has 78 valence electrons. The Labute approximate surface area is 92.1 Å². The third kappa shape index (κ3) is 1.43. The summed E-state index contributed by atoms with van der Waals surface area (Å²) in [5.74, 6) is 3.24. The summed E-state index contributed by atoms with van der Waals surface area (Å²) in [6.07, 6.45) is 18.7. The summed E-state index contributed by atoms with van der Waals surface area (Å²) in [6.45, 7) is 2.43. The highest BCUT2D eigenvalue weighted by atomic mass is 14.4. The van der Waals surface area contributed by atoms with Crippen LogP contribution in [0.2, 0.25) is 0 Å². The lowest BCUT2D eigenvalue weighted by molar-refractivity contribution is 0.406. The van der Waals surface area contributed by atoms with Crippen molar-refractivity contribution in [2.75, 3.05) is 0 Å². The topological polar surface area (TPSA) is 0 Å². The highest BCUT2D eigenvalue weighted by molar-refractivity contribution is 5.29. The van der Waals surface area contributed by atoms with Crippen LogP contribution in [0.15, 0.2) is 48.1 Å². The summed E-state index contributed by atoms with van der Waals surface area (Å²) in [7, 11) is 0. The Balaban J connectivity index is 1.83. The molecule has 0 N–H and O–H groups in total. The first kappa shape index (κ1) is 9.21. The Hall–Kier alpha value is -1.04. The zero-order valence-electron chi connectivity index (χ0n) is 9.27. The van der Waals surface area contributed by atoms with E-state index in [0.29, 0.717) is 0 Å². The van der Waals surface area contributed by atoms with E-state index >= 15 is 0 Å². The van der Waals surface area contributed by atoms with Crippen LogP contribution in [-0.2, 0) is 0 Å². The summed E-state index contributed by atoms with van der Waals surface area (Å²) in [4.78, 5) is 0. The van der Waals surface area contributed by atoms with Crippen LogP contribution in [0.1, 0.15) is 19.8 Å². The van der Waals surface area contributed by atoms with Gasteiger partial charge in [-0.3, -0.25) is 0 Å². The molecule has 1 fully saturated rings. The second-order valence-electron chi connectivity index (χ2n) is 5.09. The van der Waals surface area contributed by atoms with E-state index in [1.165, 1.54) is 12.8 Å². The van der Waals surface area contributed by atoms with Gasteiger partial charge in [0.1, 0.15) is 0 Å². The molecular weight excluding hydrogens is 180 g/mol. The summed E-state index contributed by atoms with van der Waals surface area (Å²) >= 11 is 0. The molecule has 0 aromatic heterocycles. The minimum absolute atomic E-state index is 0.793. The Morgan fingerprint density at radius 1 is 1.13 bits per heavy atom. The van der Waals surface area contributed by atoms with Crippen LogP contribution in [0, 0.1) is 23.7 Å². The standard InChI is InChI=1S/C15H18/c1-11-14-9-5-4-8-13(14)10-15(11)12-6-2-3-7-12/h2-6,8-9,11,13-15H,7,10H2,1H3. The predicted molar refractivity (Wildman–Crippen MR) is 64.4 cm³/mol. The van der Waals surface area contributed by atoms with Crippen LogP contribution in [0.4, 0.5) is 0 Å². The van der Waals surface area contributed by atoms with E-state index in [1.54, 1.807) is 5.57 Å². The van der Waals surface area contributed by atoms with E-state index in [1.807, 2.05) is 0 Å². The molecule has 0 heterocycles. The first-order chi connectivity index (χ1) is 7.36. The first-order valence-electron chi connectivity index (χ1n) is 6.07. The number of hydrogen-bond acceptors (Lipinski definition) is 0. The largest absolute Gasteiger partial charge is 0.0808 e. The highest BCUT2D eigenvalue weighted by Gasteiger charge is 2.39. The van der Waals surface area contributed by atoms with Gasteiger partial charge in [-0.25, -0.2) is 0 Å². The molecule has 4 unspecified atom stereocenters. The molecule has 0 amide bonds. The van der Waals surface area contributed by atoms with Gasteiger partial charge >= 0.3 is 0 Å². The first-order valence-corrected chi connectivity index (χ1v) is 6.07. The predicted octanol–water partition coefficient (Wildman–Crippen LogP) is 3.89. The minimum Gasteiger partial charge on any atom is -0.0808 e. The fourth-order valence-electron chi connectivity index (χ4n) is 3.48. The monoisotopic (exact) mass is 198 g/mol. The van der Waals surface area contributed by atoms with E-state index in [2.05, 4.69) is 49.5 Å². The van der Waals surface area contributed by atoms with Crippen LogP contribution < -0.4 is 0 Å². The number of allylic oxidation sites excluding steroid dienone is 8. The maximum absolute atomic E-state index is 2.43. The van der Waals surface area contributed by atoms with Crippen molar-refractivity contribution < 1.29 is 0 Å². The maximum Gasteiger partial charge on any atom is -0.0130 e. The van der Waals surface area contributed by atoms with Crippen molar-refractivity contribution in [2.45, 2.75) is 19.8 Å². The normalized spacial score (nSPS) is 42.1. The molecule has 0 bridgehead atoms. The summed E-state index contributed by atoms with van der Waals surface area (Å²) in [5.41, 5.74) is 1.67. The Kier molecular flexibility index (Phi) is 2.16. The van der Waals surface area contributed by atoms with Gasteiger partial charge in [0.05, 0.1) is 0 Å². The molecule has 0 aromatic carbocycles. The quantitative estimate of drug-likeness (QED) is 0.599. The second kappa shape index (κ2) is 3.52. The summed E-state index contributed by atoms with van der Waals surface area (Å²) in [5, 5.41) is 0. The minimum atomic E-state index is 0.793. The second-order valence-corrected chi connectivity index (χ2v) is 5.09. The molecule has 0 saturated heterocycles. The van der Waals surface area contributed by atoms with Gasteiger partial charge in [-0.1, -0.05) is 55.0 Å². The zero-order valence-corrected chi connectivity index (χ0v) is 9.27. The lowest BCUT2D eigenvalue weighted by Gasteiger charge is -2.21. The average molecular weight is 198 g/mol. The van der Waals surface area contributed by atoms with E-state index < -0.39 is 0 Å². The van der Waals surface area contributed by atoms with Crippen molar-refractivity contribution in [3.05, 3.63) is 48.1 Å². The molecular formula is C15H18. The van der Waals surface area contributed by atoms with Crippen molar-refractivity contribution in [1.82, 2.24) is 0 Å². The molecule has 1 saturated carbocycles. The van der Waals surface area contributed by atoms with Crippen molar-refractivity contribution >= 4 is 0 Å². The van der Waals surface area contributed by atoms with Crippen molar-refractivity contribution in [2.24, 2.45) is 23.7 Å².